The van der Waals surface area contributed by atoms with Crippen LogP contribution in [0.15, 0.2) is 10.2 Å². The standard InChI is InChI=1S/C6H4N12O14/c19-13(20)7-5-9(15(23)24)1-2(10(5)16(25)26)32-4-3(31-1)11(17(27)28)6(8-14(21)22)12(4)18(29)30/h1-4H. The lowest BCUT2D eigenvalue weighted by molar-refractivity contribution is -0.683. The number of rotatable bonds is 6. The van der Waals surface area contributed by atoms with Gasteiger partial charge in [0.1, 0.15) is 10.2 Å². The fourth-order valence-electron chi connectivity index (χ4n) is 2.93. The van der Waals surface area contributed by atoms with Gasteiger partial charge >= 0.3 is 11.9 Å². The summed E-state index contributed by atoms with van der Waals surface area (Å²) in [5, 5.41) is 61.4. The van der Waals surface area contributed by atoms with Gasteiger partial charge in [0, 0.05) is 0 Å². The normalized spacial score (nSPS) is 26.4. The lowest BCUT2D eigenvalue weighted by Gasteiger charge is -2.32. The Bertz CT molecular complexity index is 859. The minimum atomic E-state index is -2.36. The first-order valence-corrected chi connectivity index (χ1v) is 7.37. The summed E-state index contributed by atoms with van der Waals surface area (Å²) < 4.78 is 10.0. The van der Waals surface area contributed by atoms with E-state index in [1.54, 1.807) is 0 Å². The smallest absolute Gasteiger partial charge is 0.314 e. The van der Waals surface area contributed by atoms with Crippen molar-refractivity contribution in [3.63, 3.8) is 0 Å². The topological polar surface area (TPSA) is 315 Å². The fraction of sp³-hybridized carbons (Fsp3) is 0.667. The number of hydrogen-bond donors (Lipinski definition) is 0. The molecule has 0 bridgehead atoms. The monoisotopic (exact) mass is 468 g/mol. The van der Waals surface area contributed by atoms with Gasteiger partial charge in [-0.05, 0) is 20.0 Å². The second-order valence-corrected chi connectivity index (χ2v) is 5.44. The van der Waals surface area contributed by atoms with E-state index in [0.717, 1.165) is 0 Å². The molecule has 26 heteroatoms. The molecule has 3 aliphatic rings. The summed E-state index contributed by atoms with van der Waals surface area (Å²) in [7, 11) is 0. The molecule has 3 rings (SSSR count). The molecule has 0 aromatic carbocycles. The fourth-order valence-corrected chi connectivity index (χ4v) is 2.93. The van der Waals surface area contributed by atoms with Crippen molar-refractivity contribution >= 4 is 11.9 Å². The third kappa shape index (κ3) is 3.17. The summed E-state index contributed by atoms with van der Waals surface area (Å²) in [5.41, 5.74) is 0. The Morgan fingerprint density at radius 2 is 0.750 bits per heavy atom. The van der Waals surface area contributed by atoms with Gasteiger partial charge < -0.3 is 9.47 Å². The average molecular weight is 468 g/mol. The van der Waals surface area contributed by atoms with E-state index in [1.807, 2.05) is 0 Å². The Hall–Kier alpha value is -5.14. The van der Waals surface area contributed by atoms with E-state index in [2.05, 4.69) is 10.2 Å². The molecule has 26 nitrogen and oxygen atoms in total. The van der Waals surface area contributed by atoms with Crippen LogP contribution in [0, 0.1) is 60.7 Å². The molecule has 0 spiro atoms. The SMILES string of the molecule is O=[N+]([O-])N=C1N([N+](=O)[O-])C2OC3C(OC2N1[N+](=O)[O-])N([N+](=O)[O-])C(=N[N+](=O)[O-])N3[N+](=O)[O-]. The van der Waals surface area contributed by atoms with E-state index in [-0.39, 0.29) is 20.0 Å². The molecule has 172 valence electrons. The zero-order chi connectivity index (χ0) is 24.1. The van der Waals surface area contributed by atoms with E-state index in [0.29, 0.717) is 0 Å². The van der Waals surface area contributed by atoms with Gasteiger partial charge in [0.25, 0.3) is 24.9 Å². The highest BCUT2D eigenvalue weighted by Gasteiger charge is 2.72. The summed E-state index contributed by atoms with van der Waals surface area (Å²) in [5.74, 6) is -3.14. The van der Waals surface area contributed by atoms with Crippen molar-refractivity contribution in [2.45, 2.75) is 24.9 Å². The average Bonchev–Trinajstić information content (AvgIpc) is 3.09. The van der Waals surface area contributed by atoms with Gasteiger partial charge in [0.15, 0.2) is 30.2 Å². The zero-order valence-electron chi connectivity index (χ0n) is 14.4. The second-order valence-electron chi connectivity index (χ2n) is 5.44. The molecule has 0 aromatic rings. The van der Waals surface area contributed by atoms with Gasteiger partial charge in [-0.15, -0.1) is 0 Å². The van der Waals surface area contributed by atoms with Crippen molar-refractivity contribution in [2.24, 2.45) is 10.2 Å². The van der Waals surface area contributed by atoms with E-state index in [1.165, 1.54) is 0 Å². The molecule has 0 N–H and O–H groups in total. The number of guanidine groups is 2. The Balaban J connectivity index is 2.16. The van der Waals surface area contributed by atoms with Crippen LogP contribution < -0.4 is 0 Å². The molecule has 4 atom stereocenters. The van der Waals surface area contributed by atoms with E-state index in [4.69, 9.17) is 9.47 Å². The number of hydrazone groups is 2. The van der Waals surface area contributed by atoms with Gasteiger partial charge in [0.2, 0.25) is 0 Å². The molecule has 3 saturated heterocycles. The molecule has 0 aromatic heterocycles. The highest BCUT2D eigenvalue weighted by molar-refractivity contribution is 5.81. The van der Waals surface area contributed by atoms with Crippen LogP contribution in [0.4, 0.5) is 0 Å². The Morgan fingerprint density at radius 1 is 0.531 bits per heavy atom. The molecule has 0 amide bonds. The first-order chi connectivity index (χ1) is 14.9. The summed E-state index contributed by atoms with van der Waals surface area (Å²) in [6.07, 6.45) is -9.44. The molecule has 3 aliphatic heterocycles. The van der Waals surface area contributed by atoms with Crippen LogP contribution in [0.3, 0.4) is 0 Å². The van der Waals surface area contributed by atoms with Crippen LogP contribution in [-0.4, -0.2) is 87.1 Å². The largest absolute Gasteiger partial charge is 0.399 e. The number of nitro groups is 6. The van der Waals surface area contributed by atoms with Crippen LogP contribution >= 0.6 is 0 Å². The minimum absolute atomic E-state index is 0.385. The Morgan fingerprint density at radius 3 is 0.906 bits per heavy atom. The van der Waals surface area contributed by atoms with Crippen LogP contribution in [-0.2, 0) is 9.47 Å². The molecular weight excluding hydrogens is 464 g/mol. The van der Waals surface area contributed by atoms with Crippen molar-refractivity contribution in [1.82, 2.24) is 20.0 Å². The van der Waals surface area contributed by atoms with E-state index < -0.39 is 67.0 Å². The van der Waals surface area contributed by atoms with Crippen molar-refractivity contribution < 1.29 is 39.7 Å². The number of hydrazine groups is 4. The molecule has 4 unspecified atom stereocenters. The molecule has 32 heavy (non-hydrogen) atoms. The van der Waals surface area contributed by atoms with Crippen molar-refractivity contribution in [1.29, 1.82) is 0 Å². The maximum Gasteiger partial charge on any atom is 0.399 e. The predicted molar refractivity (Wildman–Crippen MR) is 81.5 cm³/mol. The van der Waals surface area contributed by atoms with Gasteiger partial charge in [0.05, 0.1) is 0 Å². The number of ether oxygens (including phenoxy) is 2. The van der Waals surface area contributed by atoms with Crippen LogP contribution in [0.5, 0.6) is 0 Å². The first-order valence-electron chi connectivity index (χ1n) is 7.37. The highest BCUT2D eigenvalue weighted by Crippen LogP contribution is 2.38. The molecular formula is C6H4N12O14. The maximum atomic E-state index is 11.4. The summed E-state index contributed by atoms with van der Waals surface area (Å²) in [4.78, 5) is 66.9. The molecule has 0 aliphatic carbocycles. The second kappa shape index (κ2) is 7.28. The van der Waals surface area contributed by atoms with Crippen LogP contribution in [0.25, 0.3) is 0 Å². The minimum Gasteiger partial charge on any atom is -0.314 e. The van der Waals surface area contributed by atoms with Crippen LogP contribution in [0.1, 0.15) is 0 Å². The quantitative estimate of drug-likeness (QED) is 0.268. The summed E-state index contributed by atoms with van der Waals surface area (Å²) in [6, 6.07) is 0. The molecule has 3 heterocycles. The predicted octanol–water partition coefficient (Wildman–Crippen LogP) is -3.56. The number of fused-ring (bicyclic) bond motifs is 2. The van der Waals surface area contributed by atoms with Gasteiger partial charge in [-0.2, -0.15) is 0 Å². The zero-order valence-corrected chi connectivity index (χ0v) is 14.4. The van der Waals surface area contributed by atoms with Crippen LogP contribution in [0.2, 0.25) is 0 Å². The van der Waals surface area contributed by atoms with Crippen molar-refractivity contribution in [2.75, 3.05) is 0 Å². The van der Waals surface area contributed by atoms with Gasteiger partial charge in [-0.3, -0.25) is 0 Å². The Labute approximate surface area is 168 Å². The first kappa shape index (κ1) is 21.6. The van der Waals surface area contributed by atoms with E-state index in [9.17, 15) is 60.7 Å². The molecule has 0 radical (unpaired) electrons. The van der Waals surface area contributed by atoms with Crippen molar-refractivity contribution in [3.8, 4) is 0 Å². The summed E-state index contributed by atoms with van der Waals surface area (Å²) in [6.45, 7) is 0. The highest BCUT2D eigenvalue weighted by atomic mass is 16.8. The Kier molecular flexibility index (Phi) is 4.91. The van der Waals surface area contributed by atoms with Gasteiger partial charge in [-0.1, -0.05) is 0 Å². The number of nitrogens with zero attached hydrogens (tertiary/aromatic N) is 12. The summed E-state index contributed by atoms with van der Waals surface area (Å²) >= 11 is 0. The third-order valence-electron chi connectivity index (χ3n) is 3.88. The van der Waals surface area contributed by atoms with E-state index >= 15 is 0 Å². The van der Waals surface area contributed by atoms with Gasteiger partial charge in [-0.25, -0.2) is 60.7 Å². The maximum absolute atomic E-state index is 11.4. The molecule has 0 saturated carbocycles. The molecule has 3 fully saturated rings. The van der Waals surface area contributed by atoms with Crippen molar-refractivity contribution in [3.05, 3.63) is 60.7 Å². The third-order valence-corrected chi connectivity index (χ3v) is 3.88. The number of hydrogen-bond acceptors (Lipinski definition) is 14. The lowest BCUT2D eigenvalue weighted by Crippen LogP contribution is -2.59. The lowest BCUT2D eigenvalue weighted by atomic mass is 10.4.